The Labute approximate surface area is 112 Å². The van der Waals surface area contributed by atoms with Gasteiger partial charge in [0.15, 0.2) is 0 Å². The maximum atomic E-state index is 13.3. The van der Waals surface area contributed by atoms with Crippen LogP contribution in [0.15, 0.2) is 18.2 Å². The summed E-state index contributed by atoms with van der Waals surface area (Å²) in [7, 11) is -3.43. The topological polar surface area (TPSA) is 58.6 Å². The van der Waals surface area contributed by atoms with Crippen LogP contribution in [0.1, 0.15) is 6.92 Å². The number of nitrogens with zero attached hydrogens (tertiary/aromatic N) is 1. The number of anilines is 2. The van der Waals surface area contributed by atoms with Crippen LogP contribution in [-0.4, -0.2) is 40.5 Å². The summed E-state index contributed by atoms with van der Waals surface area (Å²) in [6, 6.07) is 4.13. The summed E-state index contributed by atoms with van der Waals surface area (Å²) in [4.78, 5) is 1.98. The van der Waals surface area contributed by atoms with Gasteiger partial charge in [0.1, 0.15) is 5.82 Å². The van der Waals surface area contributed by atoms with Crippen molar-refractivity contribution in [2.24, 2.45) is 0 Å². The second-order valence-electron chi connectivity index (χ2n) is 4.27. The van der Waals surface area contributed by atoms with Gasteiger partial charge in [0.25, 0.3) is 0 Å². The van der Waals surface area contributed by atoms with Gasteiger partial charge in [-0.15, -0.1) is 0 Å². The number of halogens is 1. The molecule has 19 heavy (non-hydrogen) atoms. The van der Waals surface area contributed by atoms with Crippen molar-refractivity contribution >= 4 is 21.4 Å². The minimum absolute atomic E-state index is 0.0495. The van der Waals surface area contributed by atoms with E-state index >= 15 is 0 Å². The molecule has 0 spiro atoms. The molecule has 1 aliphatic heterocycles. The fourth-order valence-electron chi connectivity index (χ4n) is 1.91. The van der Waals surface area contributed by atoms with Gasteiger partial charge in [0.2, 0.25) is 10.0 Å². The summed E-state index contributed by atoms with van der Waals surface area (Å²) in [6.45, 7) is 4.02. The quantitative estimate of drug-likeness (QED) is 0.910. The van der Waals surface area contributed by atoms with Gasteiger partial charge < -0.3 is 9.64 Å². The van der Waals surface area contributed by atoms with Crippen molar-refractivity contribution < 1.29 is 17.5 Å². The molecule has 0 atom stereocenters. The lowest BCUT2D eigenvalue weighted by Gasteiger charge is -2.30. The molecular formula is C12H17FN2O3S. The number of nitrogens with one attached hydrogen (secondary N) is 1. The minimum atomic E-state index is -3.43. The Balaban J connectivity index is 2.32. The van der Waals surface area contributed by atoms with Crippen molar-refractivity contribution in [1.82, 2.24) is 0 Å². The number of ether oxygens (including phenoxy) is 1. The van der Waals surface area contributed by atoms with Crippen molar-refractivity contribution in [2.45, 2.75) is 6.92 Å². The van der Waals surface area contributed by atoms with Crippen LogP contribution in [0, 0.1) is 5.82 Å². The van der Waals surface area contributed by atoms with Gasteiger partial charge in [-0.25, -0.2) is 12.8 Å². The van der Waals surface area contributed by atoms with E-state index in [4.69, 9.17) is 4.74 Å². The molecule has 0 bridgehead atoms. The molecule has 1 N–H and O–H groups in total. The lowest BCUT2D eigenvalue weighted by atomic mass is 10.2. The largest absolute Gasteiger partial charge is 0.378 e. The highest BCUT2D eigenvalue weighted by Gasteiger charge is 2.18. The molecule has 106 valence electrons. The van der Waals surface area contributed by atoms with Crippen molar-refractivity contribution in [3.05, 3.63) is 24.0 Å². The zero-order chi connectivity index (χ0) is 13.9. The molecule has 0 radical (unpaired) electrons. The fraction of sp³-hybridized carbons (Fsp3) is 0.500. The Kier molecular flexibility index (Phi) is 4.26. The van der Waals surface area contributed by atoms with Gasteiger partial charge in [0.05, 0.1) is 30.3 Å². The third kappa shape index (κ3) is 3.57. The smallest absolute Gasteiger partial charge is 0.232 e. The van der Waals surface area contributed by atoms with E-state index in [0.717, 1.165) is 0 Å². The molecule has 0 saturated carbocycles. The molecule has 1 heterocycles. The van der Waals surface area contributed by atoms with Crippen molar-refractivity contribution in [2.75, 3.05) is 41.7 Å². The Hall–Kier alpha value is -1.34. The zero-order valence-corrected chi connectivity index (χ0v) is 11.5. The molecule has 0 aromatic heterocycles. The summed E-state index contributed by atoms with van der Waals surface area (Å²) >= 11 is 0. The van der Waals surface area contributed by atoms with Crippen LogP contribution in [0.25, 0.3) is 0 Å². The second kappa shape index (κ2) is 5.75. The van der Waals surface area contributed by atoms with Gasteiger partial charge >= 0.3 is 0 Å². The number of hydrogen-bond acceptors (Lipinski definition) is 4. The predicted molar refractivity (Wildman–Crippen MR) is 72.5 cm³/mol. The van der Waals surface area contributed by atoms with Crippen LogP contribution >= 0.6 is 0 Å². The summed E-state index contributed by atoms with van der Waals surface area (Å²) in [5.41, 5.74) is 0.963. The van der Waals surface area contributed by atoms with Crippen molar-refractivity contribution in [3.63, 3.8) is 0 Å². The summed E-state index contributed by atoms with van der Waals surface area (Å²) < 4.78 is 44.3. The summed E-state index contributed by atoms with van der Waals surface area (Å²) in [6.07, 6.45) is 0. The molecular weight excluding hydrogens is 271 g/mol. The molecule has 7 heteroatoms. The number of sulfonamides is 1. The standard InChI is InChI=1S/C12H17FN2O3S/c1-2-19(16,17)14-11-9-10(13)3-4-12(11)15-5-7-18-8-6-15/h3-4,9,14H,2,5-8H2,1H3. The van der Waals surface area contributed by atoms with Crippen LogP contribution in [0.5, 0.6) is 0 Å². The Morgan fingerprint density at radius 2 is 2.05 bits per heavy atom. The van der Waals surface area contributed by atoms with Gasteiger partial charge in [-0.1, -0.05) is 0 Å². The Bertz CT molecular complexity index is 542. The lowest BCUT2D eigenvalue weighted by molar-refractivity contribution is 0.123. The molecule has 1 saturated heterocycles. The Morgan fingerprint density at radius 1 is 1.37 bits per heavy atom. The monoisotopic (exact) mass is 288 g/mol. The van der Waals surface area contributed by atoms with Crippen LogP contribution in [0.4, 0.5) is 15.8 Å². The van der Waals surface area contributed by atoms with Crippen LogP contribution < -0.4 is 9.62 Å². The van der Waals surface area contributed by atoms with E-state index in [1.54, 1.807) is 6.07 Å². The van der Waals surface area contributed by atoms with Crippen molar-refractivity contribution in [3.8, 4) is 0 Å². The molecule has 2 rings (SSSR count). The van der Waals surface area contributed by atoms with E-state index in [2.05, 4.69) is 4.72 Å². The first-order valence-corrected chi connectivity index (χ1v) is 7.80. The molecule has 1 aliphatic rings. The highest BCUT2D eigenvalue weighted by atomic mass is 32.2. The maximum Gasteiger partial charge on any atom is 0.232 e. The first kappa shape index (κ1) is 14.1. The van der Waals surface area contributed by atoms with Gasteiger partial charge in [0, 0.05) is 19.2 Å². The third-order valence-corrected chi connectivity index (χ3v) is 4.25. The van der Waals surface area contributed by atoms with Gasteiger partial charge in [-0.2, -0.15) is 0 Å². The first-order chi connectivity index (χ1) is 9.02. The third-order valence-electron chi connectivity index (χ3n) is 2.96. The maximum absolute atomic E-state index is 13.3. The minimum Gasteiger partial charge on any atom is -0.378 e. The molecule has 1 aromatic carbocycles. The van der Waals surface area contributed by atoms with E-state index < -0.39 is 15.8 Å². The summed E-state index contributed by atoms with van der Waals surface area (Å²) in [5.74, 6) is -0.516. The van der Waals surface area contributed by atoms with E-state index in [1.165, 1.54) is 19.1 Å². The average Bonchev–Trinajstić information content (AvgIpc) is 2.39. The highest BCUT2D eigenvalue weighted by Crippen LogP contribution is 2.28. The fourth-order valence-corrected chi connectivity index (χ4v) is 2.55. The van der Waals surface area contributed by atoms with Gasteiger partial charge in [-0.3, -0.25) is 4.72 Å². The van der Waals surface area contributed by atoms with E-state index in [0.29, 0.717) is 32.0 Å². The van der Waals surface area contributed by atoms with E-state index in [-0.39, 0.29) is 11.4 Å². The molecule has 0 amide bonds. The second-order valence-corrected chi connectivity index (χ2v) is 6.28. The molecule has 0 aliphatic carbocycles. The lowest BCUT2D eigenvalue weighted by Crippen LogP contribution is -2.36. The van der Waals surface area contributed by atoms with E-state index in [9.17, 15) is 12.8 Å². The van der Waals surface area contributed by atoms with Crippen LogP contribution in [0.2, 0.25) is 0 Å². The number of rotatable bonds is 4. The summed E-state index contributed by atoms with van der Waals surface area (Å²) in [5, 5.41) is 0. The highest BCUT2D eigenvalue weighted by molar-refractivity contribution is 7.92. The first-order valence-electron chi connectivity index (χ1n) is 6.14. The number of morpholine rings is 1. The molecule has 5 nitrogen and oxygen atoms in total. The Morgan fingerprint density at radius 3 is 2.68 bits per heavy atom. The normalized spacial score (nSPS) is 16.4. The van der Waals surface area contributed by atoms with E-state index in [1.807, 2.05) is 4.90 Å². The molecule has 1 aromatic rings. The molecule has 0 unspecified atom stereocenters. The van der Waals surface area contributed by atoms with Crippen molar-refractivity contribution in [1.29, 1.82) is 0 Å². The number of hydrogen-bond donors (Lipinski definition) is 1. The SMILES string of the molecule is CCS(=O)(=O)Nc1cc(F)ccc1N1CCOCC1. The van der Waals surface area contributed by atoms with Crippen LogP contribution in [0.3, 0.4) is 0 Å². The average molecular weight is 288 g/mol. The van der Waals surface area contributed by atoms with Crippen LogP contribution in [-0.2, 0) is 14.8 Å². The number of benzene rings is 1. The molecule has 1 fully saturated rings. The zero-order valence-electron chi connectivity index (χ0n) is 10.7. The van der Waals surface area contributed by atoms with Gasteiger partial charge in [-0.05, 0) is 19.1 Å². The predicted octanol–water partition coefficient (Wildman–Crippen LogP) is 1.42.